The molecular weight excluding hydrogens is 384 g/mol. The second-order valence-electron chi connectivity index (χ2n) is 8.45. The summed E-state index contributed by atoms with van der Waals surface area (Å²) in [5.74, 6) is 0.458. The third-order valence-corrected chi connectivity index (χ3v) is 6.08. The molecule has 2 amide bonds. The summed E-state index contributed by atoms with van der Waals surface area (Å²) in [5.41, 5.74) is 0. The fraction of sp³-hybridized carbons (Fsp3) is 0.909. The van der Waals surface area contributed by atoms with Gasteiger partial charge in [-0.1, -0.05) is 12.8 Å². The predicted octanol–water partition coefficient (Wildman–Crippen LogP) is 0.908. The van der Waals surface area contributed by atoms with Gasteiger partial charge >= 0.3 is 0 Å². The van der Waals surface area contributed by atoms with E-state index in [1.165, 1.54) is 0 Å². The van der Waals surface area contributed by atoms with E-state index in [1.807, 2.05) is 23.9 Å². The van der Waals surface area contributed by atoms with Crippen molar-refractivity contribution in [2.75, 3.05) is 92.9 Å². The second-order valence-corrected chi connectivity index (χ2v) is 8.45. The maximum Gasteiger partial charge on any atom is 0.223 e. The molecule has 0 aromatic rings. The van der Waals surface area contributed by atoms with Gasteiger partial charge in [0.1, 0.15) is 0 Å². The number of hydrogen-bond donors (Lipinski definition) is 0. The van der Waals surface area contributed by atoms with Crippen LogP contribution in [0.25, 0.3) is 0 Å². The largest absolute Gasteiger partial charge is 0.379 e. The number of carbonyl (C=O) groups is 2. The van der Waals surface area contributed by atoms with Gasteiger partial charge in [-0.25, -0.2) is 0 Å². The average molecular weight is 427 g/mol. The molecule has 0 N–H and O–H groups in total. The fourth-order valence-electron chi connectivity index (χ4n) is 3.84. The first-order valence-corrected chi connectivity index (χ1v) is 11.6. The number of hydrogen-bond acceptors (Lipinski definition) is 6. The summed E-state index contributed by atoms with van der Waals surface area (Å²) in [5, 5.41) is 0. The number of nitrogens with zero attached hydrogens (tertiary/aromatic N) is 4. The Balaban J connectivity index is 1.44. The van der Waals surface area contributed by atoms with Crippen LogP contribution in [0.3, 0.4) is 0 Å². The van der Waals surface area contributed by atoms with E-state index in [1.54, 1.807) is 0 Å². The zero-order valence-electron chi connectivity index (χ0n) is 19.1. The lowest BCUT2D eigenvalue weighted by Gasteiger charge is -2.27. The highest BCUT2D eigenvalue weighted by Gasteiger charge is 2.15. The fourth-order valence-corrected chi connectivity index (χ4v) is 3.84. The highest BCUT2D eigenvalue weighted by Crippen LogP contribution is 2.06. The van der Waals surface area contributed by atoms with E-state index in [-0.39, 0.29) is 11.8 Å². The van der Waals surface area contributed by atoms with Crippen molar-refractivity contribution in [1.29, 1.82) is 0 Å². The summed E-state index contributed by atoms with van der Waals surface area (Å²) in [6.45, 7) is 10.1. The van der Waals surface area contributed by atoms with E-state index in [4.69, 9.17) is 9.47 Å². The molecule has 2 aliphatic heterocycles. The van der Waals surface area contributed by atoms with Gasteiger partial charge in [0.05, 0.1) is 26.4 Å². The van der Waals surface area contributed by atoms with E-state index >= 15 is 0 Å². The van der Waals surface area contributed by atoms with Gasteiger partial charge in [0.2, 0.25) is 11.8 Å². The molecule has 0 atom stereocenters. The van der Waals surface area contributed by atoms with Crippen molar-refractivity contribution < 1.29 is 19.1 Å². The van der Waals surface area contributed by atoms with E-state index in [9.17, 15) is 9.59 Å². The monoisotopic (exact) mass is 426 g/mol. The molecule has 174 valence electrons. The number of ether oxygens (including phenoxy) is 2. The highest BCUT2D eigenvalue weighted by atomic mass is 16.5. The topological polar surface area (TPSA) is 65.6 Å². The quantitative estimate of drug-likeness (QED) is 0.408. The lowest BCUT2D eigenvalue weighted by Crippen LogP contribution is -2.39. The normalized spacial score (nSPS) is 18.3. The van der Waals surface area contributed by atoms with E-state index in [0.717, 1.165) is 104 Å². The Bertz CT molecular complexity index is 450. The number of amides is 2. The Hall–Kier alpha value is -1.22. The molecule has 0 spiro atoms. The van der Waals surface area contributed by atoms with E-state index in [2.05, 4.69) is 9.80 Å². The van der Waals surface area contributed by atoms with Crippen LogP contribution in [0.2, 0.25) is 0 Å². The molecule has 0 saturated carbocycles. The van der Waals surface area contributed by atoms with Crippen LogP contribution >= 0.6 is 0 Å². The summed E-state index contributed by atoms with van der Waals surface area (Å²) in [6.07, 6.45) is 5.42. The third kappa shape index (κ3) is 10.2. The van der Waals surface area contributed by atoms with Gasteiger partial charge in [-0.2, -0.15) is 0 Å². The van der Waals surface area contributed by atoms with E-state index in [0.29, 0.717) is 12.8 Å². The number of unbranched alkanes of at least 4 members (excludes halogenated alkanes) is 3. The van der Waals surface area contributed by atoms with Crippen LogP contribution in [0.15, 0.2) is 0 Å². The van der Waals surface area contributed by atoms with Crippen molar-refractivity contribution in [2.24, 2.45) is 0 Å². The molecule has 0 aromatic carbocycles. The molecule has 2 rings (SSSR count). The van der Waals surface area contributed by atoms with E-state index < -0.39 is 0 Å². The van der Waals surface area contributed by atoms with Crippen molar-refractivity contribution in [1.82, 2.24) is 19.6 Å². The van der Waals surface area contributed by atoms with Crippen molar-refractivity contribution in [3.05, 3.63) is 0 Å². The molecule has 0 aliphatic carbocycles. The zero-order valence-corrected chi connectivity index (χ0v) is 19.1. The molecule has 0 aromatic heterocycles. The third-order valence-electron chi connectivity index (χ3n) is 6.08. The van der Waals surface area contributed by atoms with Crippen LogP contribution in [-0.2, 0) is 19.1 Å². The number of carbonyl (C=O) groups excluding carboxylic acids is 2. The van der Waals surface area contributed by atoms with Gasteiger partial charge in [-0.15, -0.1) is 0 Å². The van der Waals surface area contributed by atoms with Gasteiger partial charge in [0.15, 0.2) is 0 Å². The molecule has 0 radical (unpaired) electrons. The first-order chi connectivity index (χ1) is 14.6. The molecule has 0 bridgehead atoms. The first-order valence-electron chi connectivity index (χ1n) is 11.6. The van der Waals surface area contributed by atoms with Crippen molar-refractivity contribution in [2.45, 2.75) is 38.5 Å². The van der Waals surface area contributed by atoms with Crippen LogP contribution in [0.4, 0.5) is 0 Å². The maximum atomic E-state index is 12.3. The van der Waals surface area contributed by atoms with Crippen molar-refractivity contribution in [3.8, 4) is 0 Å². The minimum atomic E-state index is 0.229. The minimum absolute atomic E-state index is 0.229. The number of morpholine rings is 2. The summed E-state index contributed by atoms with van der Waals surface area (Å²) in [6, 6.07) is 0. The van der Waals surface area contributed by atoms with Crippen LogP contribution in [-0.4, -0.2) is 124 Å². The molecule has 30 heavy (non-hydrogen) atoms. The van der Waals surface area contributed by atoms with Gasteiger partial charge in [0.25, 0.3) is 0 Å². The molecule has 0 unspecified atom stereocenters. The molecule has 2 aliphatic rings. The summed E-state index contributed by atoms with van der Waals surface area (Å²) >= 11 is 0. The summed E-state index contributed by atoms with van der Waals surface area (Å²) < 4.78 is 10.7. The van der Waals surface area contributed by atoms with Gasteiger partial charge in [0, 0.05) is 79.3 Å². The molecule has 2 heterocycles. The van der Waals surface area contributed by atoms with Crippen LogP contribution in [0.1, 0.15) is 38.5 Å². The van der Waals surface area contributed by atoms with Gasteiger partial charge < -0.3 is 19.3 Å². The van der Waals surface area contributed by atoms with Crippen LogP contribution in [0, 0.1) is 0 Å². The molecular formula is C22H42N4O4. The summed E-state index contributed by atoms with van der Waals surface area (Å²) in [4.78, 5) is 32.8. The SMILES string of the molecule is CN(CCCCCCN(C)C(=O)CCN1CCOCC1)C(=O)CCN1CCOCC1. The lowest BCUT2D eigenvalue weighted by molar-refractivity contribution is -0.131. The lowest BCUT2D eigenvalue weighted by atomic mass is 10.1. The highest BCUT2D eigenvalue weighted by molar-refractivity contribution is 5.76. The van der Waals surface area contributed by atoms with Gasteiger partial charge in [-0.3, -0.25) is 19.4 Å². The predicted molar refractivity (Wildman–Crippen MR) is 117 cm³/mol. The standard InChI is InChI=1S/C22H42N4O4/c1-23(21(27)7-11-25-13-17-29-18-14-25)9-5-3-4-6-10-24(2)22(28)8-12-26-15-19-30-20-16-26/h3-20H2,1-2H3. The summed E-state index contributed by atoms with van der Waals surface area (Å²) in [7, 11) is 3.81. The second kappa shape index (κ2) is 14.7. The zero-order chi connectivity index (χ0) is 21.6. The number of rotatable bonds is 13. The van der Waals surface area contributed by atoms with Gasteiger partial charge in [-0.05, 0) is 12.8 Å². The first kappa shape index (κ1) is 25.0. The maximum absolute atomic E-state index is 12.3. The Labute approximate surface area is 182 Å². The Morgan fingerprint density at radius 2 is 1.03 bits per heavy atom. The Morgan fingerprint density at radius 3 is 1.40 bits per heavy atom. The molecule has 2 fully saturated rings. The molecule has 8 heteroatoms. The van der Waals surface area contributed by atoms with Crippen molar-refractivity contribution >= 4 is 11.8 Å². The Kier molecular flexibility index (Phi) is 12.3. The Morgan fingerprint density at radius 1 is 0.667 bits per heavy atom. The molecule has 8 nitrogen and oxygen atoms in total. The molecule has 2 saturated heterocycles. The van der Waals surface area contributed by atoms with Crippen LogP contribution < -0.4 is 0 Å². The average Bonchev–Trinajstić information content (AvgIpc) is 2.79. The smallest absolute Gasteiger partial charge is 0.223 e. The minimum Gasteiger partial charge on any atom is -0.379 e. The van der Waals surface area contributed by atoms with Crippen LogP contribution in [0.5, 0.6) is 0 Å². The van der Waals surface area contributed by atoms with Crippen molar-refractivity contribution in [3.63, 3.8) is 0 Å².